The third-order valence-electron chi connectivity index (χ3n) is 3.22. The summed E-state index contributed by atoms with van der Waals surface area (Å²) in [6.07, 6.45) is 4.82. The van der Waals surface area contributed by atoms with Crippen LogP contribution < -0.4 is 10.0 Å². The largest absolute Gasteiger partial charge is 0.319 e. The van der Waals surface area contributed by atoms with E-state index >= 15 is 0 Å². The maximum Gasteiger partial charge on any atom is 0.279 e. The van der Waals surface area contributed by atoms with Crippen molar-refractivity contribution in [1.29, 1.82) is 0 Å². The van der Waals surface area contributed by atoms with Crippen molar-refractivity contribution in [2.24, 2.45) is 5.92 Å². The lowest BCUT2D eigenvalue weighted by molar-refractivity contribution is 0.268. The molecule has 1 saturated heterocycles. The van der Waals surface area contributed by atoms with E-state index in [1.807, 2.05) is 13.3 Å². The van der Waals surface area contributed by atoms with E-state index in [2.05, 4.69) is 10.0 Å². The van der Waals surface area contributed by atoms with Crippen LogP contribution in [0.2, 0.25) is 0 Å². The van der Waals surface area contributed by atoms with Gasteiger partial charge in [-0.3, -0.25) is 0 Å². The first-order valence-electron chi connectivity index (χ1n) is 6.48. The van der Waals surface area contributed by atoms with Gasteiger partial charge in [-0.2, -0.15) is 24.5 Å². The summed E-state index contributed by atoms with van der Waals surface area (Å²) in [4.78, 5) is 0. The van der Waals surface area contributed by atoms with Crippen molar-refractivity contribution < 1.29 is 8.42 Å². The molecule has 0 spiro atoms. The summed E-state index contributed by atoms with van der Waals surface area (Å²) in [7, 11) is -1.31. The quantitative estimate of drug-likeness (QED) is 0.640. The Labute approximate surface area is 115 Å². The van der Waals surface area contributed by atoms with Gasteiger partial charge < -0.3 is 5.32 Å². The van der Waals surface area contributed by atoms with Gasteiger partial charge in [0.25, 0.3) is 10.2 Å². The summed E-state index contributed by atoms with van der Waals surface area (Å²) in [6.45, 7) is 2.81. The summed E-state index contributed by atoms with van der Waals surface area (Å²) in [5.41, 5.74) is 0. The fourth-order valence-electron chi connectivity index (χ4n) is 2.15. The molecule has 1 aliphatic rings. The highest BCUT2D eigenvalue weighted by Crippen LogP contribution is 2.18. The summed E-state index contributed by atoms with van der Waals surface area (Å²) in [6, 6.07) is 0. The Morgan fingerprint density at radius 3 is 2.56 bits per heavy atom. The highest BCUT2D eigenvalue weighted by Gasteiger charge is 2.26. The molecule has 0 atom stereocenters. The molecule has 108 valence electrons. The first-order chi connectivity index (χ1) is 8.60. The van der Waals surface area contributed by atoms with Crippen LogP contribution >= 0.6 is 11.8 Å². The van der Waals surface area contributed by atoms with Gasteiger partial charge in [0.15, 0.2) is 0 Å². The zero-order valence-corrected chi connectivity index (χ0v) is 12.9. The van der Waals surface area contributed by atoms with Crippen LogP contribution in [0.3, 0.4) is 0 Å². The van der Waals surface area contributed by atoms with E-state index < -0.39 is 10.2 Å². The number of nitrogens with one attached hydrogen (secondary N) is 2. The van der Waals surface area contributed by atoms with Crippen LogP contribution in [0.25, 0.3) is 0 Å². The molecule has 0 aromatic carbocycles. The predicted octanol–water partition coefficient (Wildman–Crippen LogP) is 0.505. The fraction of sp³-hybridized carbons (Fsp3) is 1.00. The Kier molecular flexibility index (Phi) is 7.55. The van der Waals surface area contributed by atoms with Gasteiger partial charge in [-0.25, -0.2) is 4.72 Å². The van der Waals surface area contributed by atoms with Crippen LogP contribution in [0.15, 0.2) is 0 Å². The van der Waals surface area contributed by atoms with E-state index in [-0.39, 0.29) is 0 Å². The zero-order valence-electron chi connectivity index (χ0n) is 11.3. The number of nitrogens with zero attached hydrogens (tertiary/aromatic N) is 1. The van der Waals surface area contributed by atoms with Crippen molar-refractivity contribution in [3.63, 3.8) is 0 Å². The standard InChI is InChI=1S/C11H25N3O2S2/c1-12-10-11-4-7-14(8-5-11)18(15,16)13-6-3-9-17-2/h11-13H,3-10H2,1-2H3. The second-order valence-electron chi connectivity index (χ2n) is 4.65. The summed E-state index contributed by atoms with van der Waals surface area (Å²) in [5, 5.41) is 3.15. The first kappa shape index (κ1) is 16.2. The molecule has 2 N–H and O–H groups in total. The van der Waals surface area contributed by atoms with E-state index in [0.29, 0.717) is 25.6 Å². The third-order valence-corrected chi connectivity index (χ3v) is 5.53. The van der Waals surface area contributed by atoms with Crippen molar-refractivity contribution in [2.45, 2.75) is 19.3 Å². The molecular weight excluding hydrogens is 270 g/mol. The second kappa shape index (κ2) is 8.37. The normalized spacial score (nSPS) is 19.2. The van der Waals surface area contributed by atoms with Crippen molar-refractivity contribution >= 4 is 22.0 Å². The van der Waals surface area contributed by atoms with Crippen LogP contribution in [-0.2, 0) is 10.2 Å². The van der Waals surface area contributed by atoms with Crippen LogP contribution in [-0.4, -0.2) is 58.0 Å². The molecule has 0 bridgehead atoms. The molecule has 0 amide bonds. The third kappa shape index (κ3) is 5.44. The molecule has 1 aliphatic heterocycles. The molecule has 1 rings (SSSR count). The maximum atomic E-state index is 12.0. The van der Waals surface area contributed by atoms with Gasteiger partial charge in [-0.05, 0) is 50.8 Å². The minimum absolute atomic E-state index is 0.541. The number of hydrogen-bond acceptors (Lipinski definition) is 4. The lowest BCUT2D eigenvalue weighted by Gasteiger charge is -2.31. The van der Waals surface area contributed by atoms with Gasteiger partial charge in [-0.15, -0.1) is 0 Å². The average molecular weight is 295 g/mol. The Balaban J connectivity index is 2.31. The number of hydrogen-bond donors (Lipinski definition) is 2. The average Bonchev–Trinajstić information content (AvgIpc) is 2.36. The van der Waals surface area contributed by atoms with E-state index in [1.54, 1.807) is 16.1 Å². The van der Waals surface area contributed by atoms with Crippen molar-refractivity contribution in [1.82, 2.24) is 14.3 Å². The lowest BCUT2D eigenvalue weighted by atomic mass is 9.98. The highest BCUT2D eigenvalue weighted by molar-refractivity contribution is 7.98. The number of thioether (sulfide) groups is 1. The molecule has 1 fully saturated rings. The molecule has 0 unspecified atom stereocenters. The van der Waals surface area contributed by atoms with E-state index in [9.17, 15) is 8.42 Å². The topological polar surface area (TPSA) is 61.4 Å². The number of rotatable bonds is 8. The van der Waals surface area contributed by atoms with Crippen LogP contribution in [0.4, 0.5) is 0 Å². The van der Waals surface area contributed by atoms with E-state index in [1.165, 1.54) is 0 Å². The molecule has 18 heavy (non-hydrogen) atoms. The van der Waals surface area contributed by atoms with E-state index in [4.69, 9.17) is 0 Å². The van der Waals surface area contributed by atoms with E-state index in [0.717, 1.165) is 31.6 Å². The van der Waals surface area contributed by atoms with Crippen LogP contribution in [0.5, 0.6) is 0 Å². The molecule has 7 heteroatoms. The van der Waals surface area contributed by atoms with Crippen LogP contribution in [0.1, 0.15) is 19.3 Å². The molecule has 0 aliphatic carbocycles. The molecule has 0 saturated carbocycles. The lowest BCUT2D eigenvalue weighted by Crippen LogP contribution is -2.46. The monoisotopic (exact) mass is 295 g/mol. The summed E-state index contributed by atoms with van der Waals surface area (Å²) in [5.74, 6) is 1.60. The molecule has 0 aromatic heterocycles. The minimum Gasteiger partial charge on any atom is -0.319 e. The molecule has 1 heterocycles. The smallest absolute Gasteiger partial charge is 0.279 e. The zero-order chi connectivity index (χ0) is 13.4. The molecule has 0 aromatic rings. The molecule has 0 radical (unpaired) electrons. The SMILES string of the molecule is CNCC1CCN(S(=O)(=O)NCCCSC)CC1. The fourth-order valence-corrected chi connectivity index (χ4v) is 3.86. The van der Waals surface area contributed by atoms with Gasteiger partial charge in [0.1, 0.15) is 0 Å². The van der Waals surface area contributed by atoms with Gasteiger partial charge in [0.05, 0.1) is 0 Å². The van der Waals surface area contributed by atoms with Crippen molar-refractivity contribution in [3.8, 4) is 0 Å². The maximum absolute atomic E-state index is 12.0. The summed E-state index contributed by atoms with van der Waals surface area (Å²) < 4.78 is 28.3. The van der Waals surface area contributed by atoms with Crippen molar-refractivity contribution in [2.75, 3.05) is 45.2 Å². The van der Waals surface area contributed by atoms with Gasteiger partial charge in [-0.1, -0.05) is 0 Å². The van der Waals surface area contributed by atoms with Crippen LogP contribution in [0, 0.1) is 5.92 Å². The Morgan fingerprint density at radius 2 is 2.00 bits per heavy atom. The summed E-state index contributed by atoms with van der Waals surface area (Å²) >= 11 is 1.74. The second-order valence-corrected chi connectivity index (χ2v) is 7.39. The minimum atomic E-state index is -3.25. The van der Waals surface area contributed by atoms with Gasteiger partial charge >= 0.3 is 0 Å². The van der Waals surface area contributed by atoms with Crippen molar-refractivity contribution in [3.05, 3.63) is 0 Å². The Bertz CT molecular complexity index is 314. The Hall–Kier alpha value is 0.180. The first-order valence-corrected chi connectivity index (χ1v) is 9.32. The molecule has 5 nitrogen and oxygen atoms in total. The molecular formula is C11H25N3O2S2. The number of piperidine rings is 1. The predicted molar refractivity (Wildman–Crippen MR) is 78.1 cm³/mol. The highest BCUT2D eigenvalue weighted by atomic mass is 32.2. The van der Waals surface area contributed by atoms with Gasteiger partial charge in [0.2, 0.25) is 0 Å². The Morgan fingerprint density at radius 1 is 1.33 bits per heavy atom. The van der Waals surface area contributed by atoms with Gasteiger partial charge in [0, 0.05) is 19.6 Å².